The standard InChI is InChI=1S/2C5H5.CH3I.Ti/c2*1-2-4-5-3-1;1-2;/h2*1-3H,4H2;1H3;/q2*-1;;+2. The topological polar surface area (TPSA) is 0 Å². The van der Waals surface area contributed by atoms with Crippen molar-refractivity contribution in [2.75, 3.05) is 4.93 Å². The minimum atomic E-state index is 0. The van der Waals surface area contributed by atoms with Gasteiger partial charge in [-0.25, -0.2) is 24.3 Å². The Labute approximate surface area is 110 Å². The van der Waals surface area contributed by atoms with Crippen LogP contribution in [0.25, 0.3) is 0 Å². The zero-order valence-corrected chi connectivity index (χ0v) is 11.5. The fourth-order valence-electron chi connectivity index (χ4n) is 0.680. The molecule has 0 saturated carbocycles. The van der Waals surface area contributed by atoms with Crippen LogP contribution in [0.4, 0.5) is 0 Å². The summed E-state index contributed by atoms with van der Waals surface area (Å²) in [6, 6.07) is 0. The Morgan fingerprint density at radius 3 is 1.38 bits per heavy atom. The van der Waals surface area contributed by atoms with Crippen LogP contribution in [0.2, 0.25) is 0 Å². The summed E-state index contributed by atoms with van der Waals surface area (Å²) in [4.78, 5) is 1.97. The van der Waals surface area contributed by atoms with Crippen molar-refractivity contribution >= 4 is 22.6 Å². The van der Waals surface area contributed by atoms with Gasteiger partial charge in [-0.2, -0.15) is 12.2 Å². The second-order valence-electron chi connectivity index (χ2n) is 2.01. The van der Waals surface area contributed by atoms with Crippen LogP contribution in [0.5, 0.6) is 0 Å². The zero-order valence-electron chi connectivity index (χ0n) is 7.76. The fourth-order valence-corrected chi connectivity index (χ4v) is 0.680. The van der Waals surface area contributed by atoms with E-state index < -0.39 is 0 Å². The average Bonchev–Trinajstić information content (AvgIpc) is 2.87. The van der Waals surface area contributed by atoms with E-state index in [-0.39, 0.29) is 21.7 Å². The maximum Gasteiger partial charge on any atom is 2.00 e. The zero-order chi connectivity index (χ0) is 9.07. The van der Waals surface area contributed by atoms with Crippen LogP contribution in [0.15, 0.2) is 36.5 Å². The van der Waals surface area contributed by atoms with Crippen LogP contribution in [-0.4, -0.2) is 4.93 Å². The number of alkyl halides is 1. The van der Waals surface area contributed by atoms with E-state index in [4.69, 9.17) is 0 Å². The van der Waals surface area contributed by atoms with Crippen LogP contribution < -0.4 is 0 Å². The summed E-state index contributed by atoms with van der Waals surface area (Å²) in [7, 11) is 0. The van der Waals surface area contributed by atoms with Crippen LogP contribution >= 0.6 is 22.6 Å². The quantitative estimate of drug-likeness (QED) is 0.277. The van der Waals surface area contributed by atoms with E-state index in [0.717, 1.165) is 12.8 Å². The molecule has 0 nitrogen and oxygen atoms in total. The van der Waals surface area contributed by atoms with Crippen molar-refractivity contribution < 1.29 is 21.7 Å². The smallest absolute Gasteiger partial charge is 0.273 e. The molecule has 0 aliphatic heterocycles. The summed E-state index contributed by atoms with van der Waals surface area (Å²) in [6.07, 6.45) is 20.0. The molecule has 0 heterocycles. The Balaban J connectivity index is 0. The molecule has 0 spiro atoms. The number of rotatable bonds is 0. The molecule has 0 aromatic rings. The molecule has 2 aliphatic rings. The van der Waals surface area contributed by atoms with E-state index >= 15 is 0 Å². The molecule has 0 unspecified atom stereocenters. The molecular weight excluding hydrogens is 307 g/mol. The molecule has 0 fully saturated rings. The maximum atomic E-state index is 2.99. The van der Waals surface area contributed by atoms with Crippen LogP contribution in [0.3, 0.4) is 0 Å². The molecule has 2 aliphatic carbocycles. The molecular formula is C11H13ITi. The number of hydrogen-bond acceptors (Lipinski definition) is 0. The molecule has 68 valence electrons. The monoisotopic (exact) mass is 320 g/mol. The molecule has 2 heteroatoms. The Morgan fingerprint density at radius 1 is 0.923 bits per heavy atom. The van der Waals surface area contributed by atoms with E-state index in [2.05, 4.69) is 46.9 Å². The molecule has 13 heavy (non-hydrogen) atoms. The average molecular weight is 320 g/mol. The molecule has 0 atom stereocenters. The largest absolute Gasteiger partial charge is 2.00 e. The van der Waals surface area contributed by atoms with Crippen LogP contribution in [0, 0.1) is 12.2 Å². The molecule has 0 saturated heterocycles. The summed E-state index contributed by atoms with van der Waals surface area (Å²) >= 11 is 2.15. The third kappa shape index (κ3) is 12.4. The van der Waals surface area contributed by atoms with Gasteiger partial charge >= 0.3 is 21.7 Å². The van der Waals surface area contributed by atoms with Gasteiger partial charge in [0, 0.05) is 0 Å². The molecule has 2 rings (SSSR count). The van der Waals surface area contributed by atoms with Crippen molar-refractivity contribution in [3.63, 3.8) is 0 Å². The Morgan fingerprint density at radius 2 is 1.31 bits per heavy atom. The van der Waals surface area contributed by atoms with Crippen molar-refractivity contribution in [3.8, 4) is 0 Å². The van der Waals surface area contributed by atoms with Gasteiger partial charge in [0.05, 0.1) is 0 Å². The molecule has 0 bridgehead atoms. The normalized spacial score (nSPS) is 14.0. The molecule has 0 aromatic heterocycles. The minimum absolute atomic E-state index is 0. The Hall–Kier alpha value is 0.404. The first-order valence-electron chi connectivity index (χ1n) is 3.81. The third-order valence-electron chi connectivity index (χ3n) is 1.17. The van der Waals surface area contributed by atoms with E-state index in [9.17, 15) is 0 Å². The second kappa shape index (κ2) is 14.9. The van der Waals surface area contributed by atoms with Gasteiger partial charge in [0.15, 0.2) is 0 Å². The van der Waals surface area contributed by atoms with E-state index in [1.54, 1.807) is 0 Å². The summed E-state index contributed by atoms with van der Waals surface area (Å²) in [5.74, 6) is 0. The van der Waals surface area contributed by atoms with Gasteiger partial charge < -0.3 is 0 Å². The van der Waals surface area contributed by atoms with Crippen molar-refractivity contribution in [1.82, 2.24) is 0 Å². The summed E-state index contributed by atoms with van der Waals surface area (Å²) in [5, 5.41) is 0. The van der Waals surface area contributed by atoms with Gasteiger partial charge in [0.1, 0.15) is 0 Å². The molecule has 0 N–H and O–H groups in total. The van der Waals surface area contributed by atoms with Crippen molar-refractivity contribution in [2.24, 2.45) is 0 Å². The maximum absolute atomic E-state index is 2.99. The predicted molar refractivity (Wildman–Crippen MR) is 63.1 cm³/mol. The van der Waals surface area contributed by atoms with Gasteiger partial charge in [-0.05, 0) is 4.93 Å². The Kier molecular flexibility index (Phi) is 18.2. The first-order chi connectivity index (χ1) is 6.00. The first kappa shape index (κ1) is 15.9. The van der Waals surface area contributed by atoms with Crippen LogP contribution in [0.1, 0.15) is 12.8 Å². The molecule has 0 aromatic carbocycles. The van der Waals surface area contributed by atoms with E-state index in [0.29, 0.717) is 0 Å². The number of allylic oxidation sites excluding steroid dienone is 8. The van der Waals surface area contributed by atoms with Gasteiger partial charge in [0.25, 0.3) is 0 Å². The van der Waals surface area contributed by atoms with Gasteiger partial charge in [-0.15, -0.1) is 12.8 Å². The van der Waals surface area contributed by atoms with Crippen molar-refractivity contribution in [3.05, 3.63) is 48.6 Å². The van der Waals surface area contributed by atoms with E-state index in [1.807, 2.05) is 29.2 Å². The summed E-state index contributed by atoms with van der Waals surface area (Å²) < 4.78 is 0. The van der Waals surface area contributed by atoms with Gasteiger partial charge in [0.2, 0.25) is 0 Å². The molecule has 0 amide bonds. The van der Waals surface area contributed by atoms with Crippen molar-refractivity contribution in [2.45, 2.75) is 12.8 Å². The first-order valence-corrected chi connectivity index (χ1v) is 5.97. The van der Waals surface area contributed by atoms with Crippen LogP contribution in [-0.2, 0) is 21.7 Å². The minimum Gasteiger partial charge on any atom is -0.273 e. The Bertz CT molecular complexity index is 148. The third-order valence-corrected chi connectivity index (χ3v) is 1.17. The number of hydrogen-bond donors (Lipinski definition) is 0. The van der Waals surface area contributed by atoms with Gasteiger partial charge in [-0.3, -0.25) is 12.2 Å². The van der Waals surface area contributed by atoms with E-state index in [1.165, 1.54) is 0 Å². The van der Waals surface area contributed by atoms with Crippen molar-refractivity contribution in [1.29, 1.82) is 0 Å². The number of halogens is 1. The fraction of sp³-hybridized carbons (Fsp3) is 0.273. The van der Waals surface area contributed by atoms with Gasteiger partial charge in [-0.1, -0.05) is 22.6 Å². The molecule has 0 radical (unpaired) electrons. The second-order valence-corrected chi connectivity index (χ2v) is 2.01. The SMILES string of the molecule is CI.[C-]1=CC=CC1.[C-]1=CC=CC1.[Ti+2]. The summed E-state index contributed by atoms with van der Waals surface area (Å²) in [6.45, 7) is 0. The predicted octanol–water partition coefficient (Wildman–Crippen LogP) is 3.66. The summed E-state index contributed by atoms with van der Waals surface area (Å²) in [5.41, 5.74) is 0.